The van der Waals surface area contributed by atoms with Crippen LogP contribution in [0.4, 0.5) is 4.39 Å². The summed E-state index contributed by atoms with van der Waals surface area (Å²) < 4.78 is 18.0. The zero-order chi connectivity index (χ0) is 14.1. The van der Waals surface area contributed by atoms with Crippen LogP contribution in [0, 0.1) is 5.82 Å². The lowest BCUT2D eigenvalue weighted by Gasteiger charge is -2.13. The van der Waals surface area contributed by atoms with Crippen molar-refractivity contribution in [3.05, 3.63) is 35.6 Å². The maximum atomic E-state index is 13.1. The van der Waals surface area contributed by atoms with Gasteiger partial charge in [0.2, 0.25) is 5.91 Å². The van der Waals surface area contributed by atoms with Crippen molar-refractivity contribution in [2.24, 2.45) is 0 Å². The number of carbonyl (C=O) groups is 1. The molecule has 1 aromatic carbocycles. The third-order valence-corrected chi connectivity index (χ3v) is 2.83. The average molecular weight is 268 g/mol. The van der Waals surface area contributed by atoms with Crippen molar-refractivity contribution in [1.82, 2.24) is 10.6 Å². The van der Waals surface area contributed by atoms with Crippen LogP contribution in [-0.2, 0) is 9.53 Å². The third-order valence-electron chi connectivity index (χ3n) is 2.83. The Kier molecular flexibility index (Phi) is 7.07. The van der Waals surface area contributed by atoms with E-state index in [-0.39, 0.29) is 17.6 Å². The second-order valence-electron chi connectivity index (χ2n) is 4.31. The fraction of sp³-hybridized carbons (Fsp3) is 0.500. The molecular weight excluding hydrogens is 247 g/mol. The standard InChI is InChI=1S/C14H21FN2O2/c1-11(12-4-3-5-13(15)10-12)14(18)17-7-6-16-8-9-19-2/h3-5,10-11,16H,6-9H2,1-2H3,(H,17,18). The number of amides is 1. The average Bonchev–Trinajstić information content (AvgIpc) is 2.41. The molecule has 0 bridgehead atoms. The molecule has 0 aromatic heterocycles. The van der Waals surface area contributed by atoms with Gasteiger partial charge < -0.3 is 15.4 Å². The number of benzene rings is 1. The summed E-state index contributed by atoms with van der Waals surface area (Å²) >= 11 is 0. The number of methoxy groups -OCH3 is 1. The van der Waals surface area contributed by atoms with Crippen LogP contribution in [-0.4, -0.2) is 39.3 Å². The highest BCUT2D eigenvalue weighted by atomic mass is 19.1. The van der Waals surface area contributed by atoms with E-state index in [9.17, 15) is 9.18 Å². The molecular formula is C14H21FN2O2. The van der Waals surface area contributed by atoms with Crippen molar-refractivity contribution in [1.29, 1.82) is 0 Å². The van der Waals surface area contributed by atoms with Gasteiger partial charge in [0, 0.05) is 26.7 Å². The summed E-state index contributed by atoms with van der Waals surface area (Å²) in [6.45, 7) is 4.40. The summed E-state index contributed by atoms with van der Waals surface area (Å²) in [6, 6.07) is 6.12. The van der Waals surface area contributed by atoms with E-state index < -0.39 is 0 Å². The number of ether oxygens (including phenoxy) is 1. The molecule has 0 heterocycles. The highest BCUT2D eigenvalue weighted by Crippen LogP contribution is 2.15. The van der Waals surface area contributed by atoms with E-state index in [1.807, 2.05) is 0 Å². The molecule has 0 saturated carbocycles. The van der Waals surface area contributed by atoms with E-state index >= 15 is 0 Å². The van der Waals surface area contributed by atoms with Gasteiger partial charge in [-0.3, -0.25) is 4.79 Å². The monoisotopic (exact) mass is 268 g/mol. The van der Waals surface area contributed by atoms with E-state index in [2.05, 4.69) is 10.6 Å². The lowest BCUT2D eigenvalue weighted by Crippen LogP contribution is -2.35. The largest absolute Gasteiger partial charge is 0.383 e. The first-order chi connectivity index (χ1) is 9.15. The van der Waals surface area contributed by atoms with Gasteiger partial charge in [0.25, 0.3) is 0 Å². The molecule has 106 valence electrons. The van der Waals surface area contributed by atoms with Gasteiger partial charge in [0.15, 0.2) is 0 Å². The normalized spacial score (nSPS) is 12.2. The number of hydrogen-bond acceptors (Lipinski definition) is 3. The summed E-state index contributed by atoms with van der Waals surface area (Å²) in [5, 5.41) is 5.94. The fourth-order valence-electron chi connectivity index (χ4n) is 1.65. The minimum absolute atomic E-state index is 0.0980. The Morgan fingerprint density at radius 1 is 1.37 bits per heavy atom. The van der Waals surface area contributed by atoms with Crippen LogP contribution in [0.1, 0.15) is 18.4 Å². The van der Waals surface area contributed by atoms with Crippen LogP contribution in [0.25, 0.3) is 0 Å². The molecule has 4 nitrogen and oxygen atoms in total. The Bertz CT molecular complexity index is 399. The van der Waals surface area contributed by atoms with Crippen LogP contribution in [0.15, 0.2) is 24.3 Å². The Balaban J connectivity index is 2.29. The van der Waals surface area contributed by atoms with Crippen LogP contribution in [0.3, 0.4) is 0 Å². The molecule has 2 N–H and O–H groups in total. The molecule has 1 aromatic rings. The van der Waals surface area contributed by atoms with E-state index in [0.717, 1.165) is 6.54 Å². The van der Waals surface area contributed by atoms with Crippen molar-refractivity contribution in [2.45, 2.75) is 12.8 Å². The van der Waals surface area contributed by atoms with Gasteiger partial charge in [-0.1, -0.05) is 12.1 Å². The molecule has 19 heavy (non-hydrogen) atoms. The minimum atomic E-state index is -0.352. The van der Waals surface area contributed by atoms with Crippen LogP contribution in [0.2, 0.25) is 0 Å². The molecule has 1 atom stereocenters. The fourth-order valence-corrected chi connectivity index (χ4v) is 1.65. The van der Waals surface area contributed by atoms with Gasteiger partial charge in [-0.05, 0) is 24.6 Å². The molecule has 0 aliphatic heterocycles. The molecule has 1 unspecified atom stereocenters. The predicted molar refractivity (Wildman–Crippen MR) is 72.6 cm³/mol. The van der Waals surface area contributed by atoms with Crippen molar-refractivity contribution < 1.29 is 13.9 Å². The van der Waals surface area contributed by atoms with Gasteiger partial charge in [0.1, 0.15) is 5.82 Å². The van der Waals surface area contributed by atoms with Crippen molar-refractivity contribution in [3.63, 3.8) is 0 Å². The van der Waals surface area contributed by atoms with Gasteiger partial charge in [-0.25, -0.2) is 4.39 Å². The zero-order valence-electron chi connectivity index (χ0n) is 11.4. The topological polar surface area (TPSA) is 50.4 Å². The summed E-state index contributed by atoms with van der Waals surface area (Å²) in [6.07, 6.45) is 0. The van der Waals surface area contributed by atoms with Gasteiger partial charge in [-0.15, -0.1) is 0 Å². The molecule has 0 saturated heterocycles. The molecule has 0 spiro atoms. The van der Waals surface area contributed by atoms with E-state index in [1.165, 1.54) is 12.1 Å². The Morgan fingerprint density at radius 2 is 2.16 bits per heavy atom. The van der Waals surface area contributed by atoms with Crippen molar-refractivity contribution in [2.75, 3.05) is 33.4 Å². The minimum Gasteiger partial charge on any atom is -0.383 e. The maximum absolute atomic E-state index is 13.1. The quantitative estimate of drug-likeness (QED) is 0.698. The first-order valence-corrected chi connectivity index (χ1v) is 6.38. The van der Waals surface area contributed by atoms with E-state index in [1.54, 1.807) is 26.2 Å². The van der Waals surface area contributed by atoms with E-state index in [4.69, 9.17) is 4.74 Å². The first-order valence-electron chi connectivity index (χ1n) is 6.38. The predicted octanol–water partition coefficient (Wildman–Crippen LogP) is 1.28. The Hall–Kier alpha value is -1.46. The number of rotatable bonds is 8. The lowest BCUT2D eigenvalue weighted by atomic mass is 10.0. The lowest BCUT2D eigenvalue weighted by molar-refractivity contribution is -0.122. The Labute approximate surface area is 113 Å². The smallest absolute Gasteiger partial charge is 0.227 e. The van der Waals surface area contributed by atoms with Gasteiger partial charge >= 0.3 is 0 Å². The zero-order valence-corrected chi connectivity index (χ0v) is 11.4. The molecule has 0 aliphatic carbocycles. The number of halogens is 1. The molecule has 0 radical (unpaired) electrons. The highest BCUT2D eigenvalue weighted by molar-refractivity contribution is 5.83. The molecule has 0 fully saturated rings. The second kappa shape index (κ2) is 8.61. The van der Waals surface area contributed by atoms with Crippen LogP contribution >= 0.6 is 0 Å². The second-order valence-corrected chi connectivity index (χ2v) is 4.31. The summed E-state index contributed by atoms with van der Waals surface area (Å²) in [5.74, 6) is -0.771. The Morgan fingerprint density at radius 3 is 2.84 bits per heavy atom. The number of carbonyl (C=O) groups excluding carboxylic acids is 1. The molecule has 5 heteroatoms. The first kappa shape index (κ1) is 15.6. The van der Waals surface area contributed by atoms with Gasteiger partial charge in [-0.2, -0.15) is 0 Å². The number of hydrogen-bond donors (Lipinski definition) is 2. The summed E-state index contributed by atoms with van der Waals surface area (Å²) in [5.41, 5.74) is 0.685. The SMILES string of the molecule is COCCNCCNC(=O)C(C)c1cccc(F)c1. The molecule has 0 aliphatic rings. The number of nitrogens with one attached hydrogen (secondary N) is 2. The maximum Gasteiger partial charge on any atom is 0.227 e. The van der Waals surface area contributed by atoms with Crippen LogP contribution in [0.5, 0.6) is 0 Å². The highest BCUT2D eigenvalue weighted by Gasteiger charge is 2.14. The van der Waals surface area contributed by atoms with E-state index in [0.29, 0.717) is 25.3 Å². The summed E-state index contributed by atoms with van der Waals surface area (Å²) in [4.78, 5) is 11.9. The summed E-state index contributed by atoms with van der Waals surface area (Å²) in [7, 11) is 1.64. The van der Waals surface area contributed by atoms with Crippen molar-refractivity contribution in [3.8, 4) is 0 Å². The van der Waals surface area contributed by atoms with Crippen LogP contribution < -0.4 is 10.6 Å². The third kappa shape index (κ3) is 5.81. The van der Waals surface area contributed by atoms with Crippen molar-refractivity contribution >= 4 is 5.91 Å². The molecule has 1 rings (SSSR count). The molecule has 1 amide bonds. The van der Waals surface area contributed by atoms with Gasteiger partial charge in [0.05, 0.1) is 12.5 Å².